The van der Waals surface area contributed by atoms with Crippen LogP contribution in [0.3, 0.4) is 0 Å². The first kappa shape index (κ1) is 24.5. The van der Waals surface area contributed by atoms with Gasteiger partial charge in [0.05, 0.1) is 23.3 Å². The van der Waals surface area contributed by atoms with Crippen molar-refractivity contribution in [1.82, 2.24) is 14.7 Å². The van der Waals surface area contributed by atoms with Gasteiger partial charge in [-0.25, -0.2) is 4.79 Å². The Bertz CT molecular complexity index is 930. The third-order valence-electron chi connectivity index (χ3n) is 9.26. The first-order valence-corrected chi connectivity index (χ1v) is 13.2. The van der Waals surface area contributed by atoms with Gasteiger partial charge in [0.1, 0.15) is 12.7 Å². The first-order chi connectivity index (χ1) is 16.6. The van der Waals surface area contributed by atoms with Gasteiger partial charge in [-0.1, -0.05) is 30.3 Å². The molecule has 2 saturated heterocycles. The van der Waals surface area contributed by atoms with Gasteiger partial charge in [-0.3, -0.25) is 9.69 Å². The van der Waals surface area contributed by atoms with Gasteiger partial charge in [-0.05, 0) is 76.2 Å². The molecule has 2 aliphatic heterocycles. The molecule has 2 saturated carbocycles. The van der Waals surface area contributed by atoms with E-state index < -0.39 is 22.9 Å². The molecule has 1 unspecified atom stereocenters. The molecule has 35 heavy (non-hydrogen) atoms. The molecule has 1 spiro atoms. The Kier molecular flexibility index (Phi) is 6.34. The molecular formula is C27H40N4O4. The normalized spacial score (nSPS) is 32.1. The van der Waals surface area contributed by atoms with E-state index in [1.807, 2.05) is 11.0 Å². The number of β-amino-alcohol motifs (C(OH)–C–C–N with tert-alkyl or cyclic N) is 1. The number of rotatable bonds is 5. The standard InChI is InChI=1S/C27H40N4O4/c1-25(34)14-16-29(17-15-25)22(32)18-30-23(28)27(31(24(30)33)19-26(35)10-5-11-26)12-8-21(9-13-27)20-6-3-2-4-7-20/h2-4,6-7,21,23,34-35H,5,8-19,28H2,1H3. The number of amides is 3. The number of urea groups is 1. The molecule has 0 radical (unpaired) electrons. The molecule has 192 valence electrons. The summed E-state index contributed by atoms with van der Waals surface area (Å²) in [4.78, 5) is 32.0. The monoisotopic (exact) mass is 484 g/mol. The molecule has 4 N–H and O–H groups in total. The minimum atomic E-state index is -0.850. The van der Waals surface area contributed by atoms with Gasteiger partial charge < -0.3 is 25.7 Å². The van der Waals surface area contributed by atoms with Crippen LogP contribution in [0.1, 0.15) is 76.2 Å². The average molecular weight is 485 g/mol. The Balaban J connectivity index is 1.33. The van der Waals surface area contributed by atoms with Gasteiger partial charge in [0.2, 0.25) is 5.91 Å². The van der Waals surface area contributed by atoms with Crippen LogP contribution in [0.4, 0.5) is 4.79 Å². The maximum atomic E-state index is 13.7. The summed E-state index contributed by atoms with van der Waals surface area (Å²) in [5.74, 6) is 0.302. The Hall–Kier alpha value is -2.16. The van der Waals surface area contributed by atoms with Gasteiger partial charge in [-0.15, -0.1) is 0 Å². The van der Waals surface area contributed by atoms with E-state index in [1.54, 1.807) is 16.7 Å². The van der Waals surface area contributed by atoms with Crippen molar-refractivity contribution in [2.75, 3.05) is 26.2 Å². The van der Waals surface area contributed by atoms with Crippen LogP contribution in [0.15, 0.2) is 30.3 Å². The molecule has 4 aliphatic rings. The highest BCUT2D eigenvalue weighted by Gasteiger charge is 2.59. The molecular weight excluding hydrogens is 444 g/mol. The minimum Gasteiger partial charge on any atom is -0.390 e. The van der Waals surface area contributed by atoms with Crippen LogP contribution >= 0.6 is 0 Å². The summed E-state index contributed by atoms with van der Waals surface area (Å²) >= 11 is 0. The number of nitrogens with zero attached hydrogens (tertiary/aromatic N) is 3. The molecule has 5 rings (SSSR count). The van der Waals surface area contributed by atoms with Crippen LogP contribution in [-0.4, -0.2) is 85.9 Å². The lowest BCUT2D eigenvalue weighted by atomic mass is 9.71. The fraction of sp³-hybridized carbons (Fsp3) is 0.704. The van der Waals surface area contributed by atoms with Crippen molar-refractivity contribution < 1.29 is 19.8 Å². The maximum Gasteiger partial charge on any atom is 0.322 e. The van der Waals surface area contributed by atoms with E-state index >= 15 is 0 Å². The summed E-state index contributed by atoms with van der Waals surface area (Å²) in [6.07, 6.45) is 6.18. The summed E-state index contributed by atoms with van der Waals surface area (Å²) in [7, 11) is 0. The van der Waals surface area contributed by atoms with E-state index in [4.69, 9.17) is 5.73 Å². The summed E-state index contributed by atoms with van der Waals surface area (Å²) < 4.78 is 0. The molecule has 1 aromatic carbocycles. The predicted octanol–water partition coefficient (Wildman–Crippen LogP) is 2.39. The van der Waals surface area contributed by atoms with Gasteiger partial charge in [-0.2, -0.15) is 0 Å². The van der Waals surface area contributed by atoms with E-state index in [1.165, 1.54) is 5.56 Å². The summed E-state index contributed by atoms with van der Waals surface area (Å²) in [5, 5.41) is 21.2. The minimum absolute atomic E-state index is 0.0546. The quantitative estimate of drug-likeness (QED) is 0.594. The van der Waals surface area contributed by atoms with Gasteiger partial charge in [0.25, 0.3) is 0 Å². The van der Waals surface area contributed by atoms with Crippen LogP contribution in [0.5, 0.6) is 0 Å². The van der Waals surface area contributed by atoms with Crippen molar-refractivity contribution in [2.45, 2.75) is 93.5 Å². The lowest BCUT2D eigenvalue weighted by molar-refractivity contribution is -0.135. The molecule has 0 aromatic heterocycles. The Morgan fingerprint density at radius 1 is 1.03 bits per heavy atom. The largest absolute Gasteiger partial charge is 0.390 e. The number of nitrogens with two attached hydrogens (primary N) is 1. The number of carbonyl (C=O) groups is 2. The molecule has 3 amide bonds. The van der Waals surface area contributed by atoms with E-state index in [-0.39, 0.29) is 25.0 Å². The molecule has 1 aromatic rings. The van der Waals surface area contributed by atoms with Crippen molar-refractivity contribution in [2.24, 2.45) is 5.73 Å². The Labute approximate surface area is 208 Å². The second kappa shape index (κ2) is 9.05. The lowest BCUT2D eigenvalue weighted by Crippen LogP contribution is -2.61. The Morgan fingerprint density at radius 2 is 1.66 bits per heavy atom. The van der Waals surface area contributed by atoms with Gasteiger partial charge in [0.15, 0.2) is 0 Å². The van der Waals surface area contributed by atoms with E-state index in [0.717, 1.165) is 32.1 Å². The zero-order chi connectivity index (χ0) is 24.8. The number of hydrogen-bond acceptors (Lipinski definition) is 5. The topological polar surface area (TPSA) is 110 Å². The van der Waals surface area contributed by atoms with Crippen molar-refractivity contribution in [3.05, 3.63) is 35.9 Å². The Morgan fingerprint density at radius 3 is 2.23 bits per heavy atom. The second-order valence-electron chi connectivity index (χ2n) is 11.7. The highest BCUT2D eigenvalue weighted by atomic mass is 16.3. The summed E-state index contributed by atoms with van der Waals surface area (Å²) in [5.41, 5.74) is 5.98. The number of carbonyl (C=O) groups excluding carboxylic acids is 2. The van der Waals surface area contributed by atoms with Crippen LogP contribution in [0.25, 0.3) is 0 Å². The van der Waals surface area contributed by atoms with Crippen LogP contribution in [0, 0.1) is 0 Å². The van der Waals surface area contributed by atoms with E-state index in [9.17, 15) is 19.8 Å². The lowest BCUT2D eigenvalue weighted by Gasteiger charge is -2.49. The third-order valence-corrected chi connectivity index (χ3v) is 9.26. The molecule has 0 bridgehead atoms. The summed E-state index contributed by atoms with van der Waals surface area (Å²) in [6.45, 7) is 2.99. The number of likely N-dealkylation sites (tertiary alicyclic amines) is 1. The van der Waals surface area contributed by atoms with Gasteiger partial charge in [0, 0.05) is 13.1 Å². The van der Waals surface area contributed by atoms with Crippen LogP contribution in [0.2, 0.25) is 0 Å². The van der Waals surface area contributed by atoms with E-state index in [2.05, 4.69) is 24.3 Å². The second-order valence-corrected chi connectivity index (χ2v) is 11.7. The highest BCUT2D eigenvalue weighted by Crippen LogP contribution is 2.48. The van der Waals surface area contributed by atoms with Crippen molar-refractivity contribution in [3.8, 4) is 0 Å². The molecule has 4 fully saturated rings. The summed E-state index contributed by atoms with van der Waals surface area (Å²) in [6, 6.07) is 10.3. The molecule has 2 heterocycles. The first-order valence-electron chi connectivity index (χ1n) is 13.2. The van der Waals surface area contributed by atoms with Crippen molar-refractivity contribution in [1.29, 1.82) is 0 Å². The number of piperidine rings is 1. The molecule has 1 atom stereocenters. The zero-order valence-electron chi connectivity index (χ0n) is 20.9. The SMILES string of the molecule is CC1(O)CCN(C(=O)CN2C(=O)N(CC3(O)CCC3)C3(CCC(c4ccccc4)CC3)C2N)CC1. The third kappa shape index (κ3) is 4.56. The van der Waals surface area contributed by atoms with Crippen LogP contribution in [-0.2, 0) is 4.79 Å². The van der Waals surface area contributed by atoms with E-state index in [0.29, 0.717) is 44.7 Å². The molecule has 8 nitrogen and oxygen atoms in total. The highest BCUT2D eigenvalue weighted by molar-refractivity contribution is 5.86. The fourth-order valence-corrected chi connectivity index (χ4v) is 6.57. The number of hydrogen-bond donors (Lipinski definition) is 3. The maximum absolute atomic E-state index is 13.7. The zero-order valence-corrected chi connectivity index (χ0v) is 20.9. The van der Waals surface area contributed by atoms with Gasteiger partial charge >= 0.3 is 6.03 Å². The van der Waals surface area contributed by atoms with Crippen molar-refractivity contribution in [3.63, 3.8) is 0 Å². The number of benzene rings is 1. The fourth-order valence-electron chi connectivity index (χ4n) is 6.57. The molecule has 2 aliphatic carbocycles. The predicted molar refractivity (Wildman–Crippen MR) is 132 cm³/mol. The number of aliphatic hydroxyl groups is 2. The molecule has 8 heteroatoms. The average Bonchev–Trinajstić information content (AvgIpc) is 3.00. The van der Waals surface area contributed by atoms with Crippen molar-refractivity contribution >= 4 is 11.9 Å². The smallest absolute Gasteiger partial charge is 0.322 e. The van der Waals surface area contributed by atoms with Crippen LogP contribution < -0.4 is 5.73 Å².